The molecule has 0 aliphatic heterocycles. The zero-order chi connectivity index (χ0) is 13.7. The molecule has 0 aromatic heterocycles. The fraction of sp³-hybridized carbons (Fsp3) is 0.364. The molecule has 0 radical (unpaired) electrons. The van der Waals surface area contributed by atoms with Gasteiger partial charge in [0, 0.05) is 6.07 Å². The summed E-state index contributed by atoms with van der Waals surface area (Å²) in [6.45, 7) is 1.35. The summed E-state index contributed by atoms with van der Waals surface area (Å²) in [6.07, 6.45) is -0.977. The van der Waals surface area contributed by atoms with Gasteiger partial charge in [-0.25, -0.2) is 4.79 Å². The van der Waals surface area contributed by atoms with Crippen LogP contribution in [0.15, 0.2) is 18.2 Å². The zero-order valence-corrected chi connectivity index (χ0v) is 9.95. The normalized spacial score (nSPS) is 11.9. The van der Waals surface area contributed by atoms with Crippen LogP contribution in [0.5, 0.6) is 5.75 Å². The van der Waals surface area contributed by atoms with Crippen LogP contribution in [0, 0.1) is 10.1 Å². The van der Waals surface area contributed by atoms with Crippen LogP contribution >= 0.6 is 0 Å². The summed E-state index contributed by atoms with van der Waals surface area (Å²) < 4.78 is 9.97. The molecule has 0 aliphatic rings. The van der Waals surface area contributed by atoms with Crippen LogP contribution in [0.4, 0.5) is 5.69 Å². The zero-order valence-electron chi connectivity index (χ0n) is 9.95. The van der Waals surface area contributed by atoms with Gasteiger partial charge in [0.05, 0.1) is 24.7 Å². The van der Waals surface area contributed by atoms with E-state index in [4.69, 9.17) is 14.6 Å². The lowest BCUT2D eigenvalue weighted by molar-refractivity contribution is -0.385. The molecule has 1 N–H and O–H groups in total. The van der Waals surface area contributed by atoms with Gasteiger partial charge in [-0.1, -0.05) is 0 Å². The van der Waals surface area contributed by atoms with Crippen molar-refractivity contribution in [1.82, 2.24) is 0 Å². The highest BCUT2D eigenvalue weighted by Gasteiger charge is 2.14. The van der Waals surface area contributed by atoms with Crippen molar-refractivity contribution in [3.05, 3.63) is 33.9 Å². The first-order chi connectivity index (χ1) is 8.43. The Labute approximate surface area is 103 Å². The van der Waals surface area contributed by atoms with Crippen LogP contribution in [0.1, 0.15) is 12.5 Å². The molecule has 0 spiro atoms. The highest BCUT2D eigenvalue weighted by Crippen LogP contribution is 2.23. The maximum Gasteiger partial charge on any atom is 0.332 e. The molecular formula is C11H13NO6. The van der Waals surface area contributed by atoms with Gasteiger partial charge in [-0.3, -0.25) is 10.1 Å². The maximum atomic E-state index is 10.7. The molecule has 18 heavy (non-hydrogen) atoms. The quantitative estimate of drug-likeness (QED) is 0.612. The summed E-state index contributed by atoms with van der Waals surface area (Å²) in [7, 11) is 1.39. The number of ether oxygens (including phenoxy) is 2. The Kier molecular flexibility index (Phi) is 4.61. The van der Waals surface area contributed by atoms with E-state index in [0.717, 1.165) is 0 Å². The standard InChI is InChI=1S/C11H13NO6/c1-7(11(13)14)18-6-8-3-9(12(15)16)5-10(4-8)17-2/h3-5,7H,6H2,1-2H3,(H,13,14)/t7-/m0/s1. The number of methoxy groups -OCH3 is 1. The highest BCUT2D eigenvalue weighted by atomic mass is 16.6. The maximum absolute atomic E-state index is 10.7. The topological polar surface area (TPSA) is 98.9 Å². The van der Waals surface area contributed by atoms with Gasteiger partial charge < -0.3 is 14.6 Å². The van der Waals surface area contributed by atoms with Crippen molar-refractivity contribution in [2.24, 2.45) is 0 Å². The number of nitrogens with zero attached hydrogens (tertiary/aromatic N) is 1. The fourth-order valence-electron chi connectivity index (χ4n) is 1.24. The molecule has 0 fully saturated rings. The van der Waals surface area contributed by atoms with Crippen molar-refractivity contribution in [3.63, 3.8) is 0 Å². The van der Waals surface area contributed by atoms with Crippen molar-refractivity contribution < 1.29 is 24.3 Å². The number of rotatable bonds is 6. The van der Waals surface area contributed by atoms with Crippen molar-refractivity contribution in [2.45, 2.75) is 19.6 Å². The Morgan fingerprint density at radius 2 is 2.17 bits per heavy atom. The van der Waals surface area contributed by atoms with Crippen molar-refractivity contribution >= 4 is 11.7 Å². The molecule has 0 aliphatic carbocycles. The van der Waals surface area contributed by atoms with Crippen LogP contribution in [-0.4, -0.2) is 29.2 Å². The van der Waals surface area contributed by atoms with E-state index in [0.29, 0.717) is 11.3 Å². The summed E-state index contributed by atoms with van der Waals surface area (Å²) >= 11 is 0. The van der Waals surface area contributed by atoms with Gasteiger partial charge in [0.25, 0.3) is 5.69 Å². The number of aliphatic carboxylic acids is 1. The van der Waals surface area contributed by atoms with Crippen LogP contribution < -0.4 is 4.74 Å². The number of nitro benzene ring substituents is 1. The summed E-state index contributed by atoms with van der Waals surface area (Å²) in [5, 5.41) is 19.3. The second-order valence-electron chi connectivity index (χ2n) is 3.59. The lowest BCUT2D eigenvalue weighted by Crippen LogP contribution is -2.19. The third-order valence-electron chi connectivity index (χ3n) is 2.25. The first-order valence-corrected chi connectivity index (χ1v) is 5.10. The van der Waals surface area contributed by atoms with Crippen molar-refractivity contribution in [2.75, 3.05) is 7.11 Å². The molecule has 0 saturated carbocycles. The highest BCUT2D eigenvalue weighted by molar-refractivity contribution is 5.71. The molecule has 7 heteroatoms. The number of carbonyl (C=O) groups is 1. The van der Waals surface area contributed by atoms with E-state index in [-0.39, 0.29) is 12.3 Å². The van der Waals surface area contributed by atoms with E-state index in [1.54, 1.807) is 6.07 Å². The Hall–Kier alpha value is -2.15. The molecule has 1 aromatic rings. The molecule has 1 rings (SSSR count). The fourth-order valence-corrected chi connectivity index (χ4v) is 1.24. The molecule has 98 valence electrons. The second kappa shape index (κ2) is 5.97. The van der Waals surface area contributed by atoms with E-state index in [1.165, 1.54) is 26.2 Å². The van der Waals surface area contributed by atoms with Gasteiger partial charge >= 0.3 is 5.97 Å². The van der Waals surface area contributed by atoms with E-state index < -0.39 is 17.0 Å². The van der Waals surface area contributed by atoms with E-state index in [1.807, 2.05) is 0 Å². The van der Waals surface area contributed by atoms with Gasteiger partial charge in [-0.05, 0) is 18.6 Å². The molecule has 0 amide bonds. The Bertz CT molecular complexity index is 459. The van der Waals surface area contributed by atoms with Crippen molar-refractivity contribution in [1.29, 1.82) is 0 Å². The van der Waals surface area contributed by atoms with Gasteiger partial charge in [0.2, 0.25) is 0 Å². The predicted molar refractivity (Wildman–Crippen MR) is 61.5 cm³/mol. The number of carboxylic acid groups (broad SMARTS) is 1. The monoisotopic (exact) mass is 255 g/mol. The Balaban J connectivity index is 2.85. The minimum Gasteiger partial charge on any atom is -0.496 e. The summed E-state index contributed by atoms with van der Waals surface area (Å²) in [5.74, 6) is -0.766. The lowest BCUT2D eigenvalue weighted by Gasteiger charge is -2.09. The van der Waals surface area contributed by atoms with E-state index in [2.05, 4.69) is 0 Å². The number of nitro groups is 1. The third kappa shape index (κ3) is 3.70. The first-order valence-electron chi connectivity index (χ1n) is 5.10. The van der Waals surface area contributed by atoms with Crippen LogP contribution in [0.3, 0.4) is 0 Å². The molecule has 1 aromatic carbocycles. The summed E-state index contributed by atoms with van der Waals surface area (Å²) in [4.78, 5) is 20.7. The number of hydrogen-bond donors (Lipinski definition) is 1. The van der Waals surface area contributed by atoms with Gasteiger partial charge in [-0.2, -0.15) is 0 Å². The van der Waals surface area contributed by atoms with Crippen molar-refractivity contribution in [3.8, 4) is 5.75 Å². The largest absolute Gasteiger partial charge is 0.496 e. The molecule has 0 heterocycles. The van der Waals surface area contributed by atoms with E-state index in [9.17, 15) is 14.9 Å². The SMILES string of the molecule is COc1cc(CO[C@@H](C)C(=O)O)cc([N+](=O)[O-])c1. The lowest BCUT2D eigenvalue weighted by atomic mass is 10.2. The molecular weight excluding hydrogens is 242 g/mol. The van der Waals surface area contributed by atoms with Gasteiger partial charge in [0.1, 0.15) is 5.75 Å². The predicted octanol–water partition coefficient (Wildman–Crippen LogP) is 1.59. The van der Waals surface area contributed by atoms with Crippen LogP contribution in [0.25, 0.3) is 0 Å². The molecule has 0 saturated heterocycles. The molecule has 7 nitrogen and oxygen atoms in total. The second-order valence-corrected chi connectivity index (χ2v) is 3.59. The smallest absolute Gasteiger partial charge is 0.332 e. The summed E-state index contributed by atoms with van der Waals surface area (Å²) in [5.41, 5.74) is 0.352. The molecule has 0 bridgehead atoms. The van der Waals surface area contributed by atoms with Gasteiger partial charge in [-0.15, -0.1) is 0 Å². The number of non-ortho nitro benzene ring substituents is 1. The average molecular weight is 255 g/mol. The number of carboxylic acids is 1. The van der Waals surface area contributed by atoms with E-state index >= 15 is 0 Å². The van der Waals surface area contributed by atoms with Crippen LogP contribution in [0.2, 0.25) is 0 Å². The Morgan fingerprint density at radius 1 is 1.50 bits per heavy atom. The minimum absolute atomic E-state index is 0.0362. The molecule has 1 atom stereocenters. The van der Waals surface area contributed by atoms with Crippen LogP contribution in [-0.2, 0) is 16.1 Å². The summed E-state index contributed by atoms with van der Waals surface area (Å²) in [6, 6.07) is 4.16. The number of hydrogen-bond acceptors (Lipinski definition) is 5. The van der Waals surface area contributed by atoms with Gasteiger partial charge in [0.15, 0.2) is 6.10 Å². The molecule has 0 unspecified atom stereocenters. The Morgan fingerprint density at radius 3 is 2.67 bits per heavy atom. The third-order valence-corrected chi connectivity index (χ3v) is 2.25. The minimum atomic E-state index is -1.09. The number of benzene rings is 1. The first kappa shape index (κ1) is 13.9. The average Bonchev–Trinajstić information content (AvgIpc) is 2.35.